The predicted octanol–water partition coefficient (Wildman–Crippen LogP) is 3.65. The van der Waals surface area contributed by atoms with Crippen molar-refractivity contribution in [2.24, 2.45) is 0 Å². The molecule has 18 heavy (non-hydrogen) atoms. The number of allylic oxidation sites excluding steroid dienone is 1. The number of carbonyl (C=O) groups excluding carboxylic acids is 1. The highest BCUT2D eigenvalue weighted by molar-refractivity contribution is 6.07. The van der Waals surface area contributed by atoms with E-state index >= 15 is 0 Å². The van der Waals surface area contributed by atoms with Crippen LogP contribution in [0.3, 0.4) is 0 Å². The Balaban J connectivity index is 2.22. The summed E-state index contributed by atoms with van der Waals surface area (Å²) in [5.41, 5.74) is 3.70. The summed E-state index contributed by atoms with van der Waals surface area (Å²) in [5.74, 6) is 0. The van der Waals surface area contributed by atoms with Crippen LogP contribution in [-0.4, -0.2) is 6.29 Å². The van der Waals surface area contributed by atoms with Crippen LogP contribution in [-0.2, 0) is 4.79 Å². The Morgan fingerprint density at radius 3 is 2.33 bits per heavy atom. The van der Waals surface area contributed by atoms with Gasteiger partial charge in [0.1, 0.15) is 0 Å². The quantitative estimate of drug-likeness (QED) is 0.649. The summed E-state index contributed by atoms with van der Waals surface area (Å²) in [6.07, 6.45) is 2.60. The van der Waals surface area contributed by atoms with Crippen molar-refractivity contribution >= 4 is 17.5 Å². The van der Waals surface area contributed by atoms with E-state index in [2.05, 4.69) is 5.32 Å². The Hall–Kier alpha value is -2.35. The number of aldehydes is 1. The zero-order valence-corrected chi connectivity index (χ0v) is 10.3. The average molecular weight is 237 g/mol. The molecule has 0 saturated heterocycles. The standard InChI is InChI=1S/C16H15NO/c1-13-7-5-6-10-16(13)17-11-15(12-18)14-8-3-2-4-9-14/h2-12,17H,1H3. The van der Waals surface area contributed by atoms with Gasteiger partial charge in [-0.25, -0.2) is 0 Å². The molecule has 0 unspecified atom stereocenters. The number of carbonyl (C=O) groups is 1. The van der Waals surface area contributed by atoms with Crippen LogP contribution in [0.5, 0.6) is 0 Å². The third-order valence-electron chi connectivity index (χ3n) is 2.76. The molecule has 0 aliphatic carbocycles. The van der Waals surface area contributed by atoms with Gasteiger partial charge < -0.3 is 5.32 Å². The maximum atomic E-state index is 11.1. The lowest BCUT2D eigenvalue weighted by Crippen LogP contribution is -1.94. The fraction of sp³-hybridized carbons (Fsp3) is 0.0625. The molecule has 0 aromatic heterocycles. The van der Waals surface area contributed by atoms with Crippen molar-refractivity contribution in [3.05, 3.63) is 71.9 Å². The molecule has 0 bridgehead atoms. The second-order valence-corrected chi connectivity index (χ2v) is 4.04. The molecule has 0 radical (unpaired) electrons. The Bertz CT molecular complexity index is 558. The van der Waals surface area contributed by atoms with E-state index in [1.165, 1.54) is 0 Å². The number of para-hydroxylation sites is 1. The van der Waals surface area contributed by atoms with Crippen LogP contribution in [0.15, 0.2) is 60.8 Å². The highest BCUT2D eigenvalue weighted by atomic mass is 16.1. The highest BCUT2D eigenvalue weighted by Crippen LogP contribution is 2.16. The molecular weight excluding hydrogens is 222 g/mol. The summed E-state index contributed by atoms with van der Waals surface area (Å²) in [6.45, 7) is 2.03. The maximum absolute atomic E-state index is 11.1. The molecule has 90 valence electrons. The monoisotopic (exact) mass is 237 g/mol. The number of nitrogens with one attached hydrogen (secondary N) is 1. The number of anilines is 1. The van der Waals surface area contributed by atoms with E-state index in [1.54, 1.807) is 6.20 Å². The number of hydrogen-bond acceptors (Lipinski definition) is 2. The lowest BCUT2D eigenvalue weighted by atomic mass is 10.1. The second kappa shape index (κ2) is 5.82. The first kappa shape index (κ1) is 12.1. The van der Waals surface area contributed by atoms with Crippen molar-refractivity contribution in [1.82, 2.24) is 0 Å². The van der Waals surface area contributed by atoms with Gasteiger partial charge >= 0.3 is 0 Å². The third kappa shape index (κ3) is 2.86. The number of rotatable bonds is 4. The maximum Gasteiger partial charge on any atom is 0.152 e. The van der Waals surface area contributed by atoms with Crippen LogP contribution in [0.2, 0.25) is 0 Å². The molecule has 0 aliphatic rings. The van der Waals surface area contributed by atoms with Crippen molar-refractivity contribution in [3.8, 4) is 0 Å². The van der Waals surface area contributed by atoms with Crippen LogP contribution in [0.4, 0.5) is 5.69 Å². The van der Waals surface area contributed by atoms with Gasteiger partial charge in [-0.15, -0.1) is 0 Å². The third-order valence-corrected chi connectivity index (χ3v) is 2.76. The van der Waals surface area contributed by atoms with Crippen molar-refractivity contribution in [2.45, 2.75) is 6.92 Å². The summed E-state index contributed by atoms with van der Waals surface area (Å²) in [6, 6.07) is 17.6. The number of benzene rings is 2. The molecule has 2 nitrogen and oxygen atoms in total. The van der Waals surface area contributed by atoms with Gasteiger partial charge in [-0.3, -0.25) is 4.79 Å². The Morgan fingerprint density at radius 2 is 1.67 bits per heavy atom. The lowest BCUT2D eigenvalue weighted by Gasteiger charge is -2.06. The second-order valence-electron chi connectivity index (χ2n) is 4.04. The van der Waals surface area contributed by atoms with Crippen molar-refractivity contribution in [2.75, 3.05) is 5.32 Å². The van der Waals surface area contributed by atoms with Crippen LogP contribution in [0.25, 0.3) is 5.57 Å². The molecule has 2 heteroatoms. The van der Waals surface area contributed by atoms with E-state index in [9.17, 15) is 4.79 Å². The summed E-state index contributed by atoms with van der Waals surface area (Å²) >= 11 is 0. The van der Waals surface area contributed by atoms with Gasteiger partial charge in [-0.2, -0.15) is 0 Å². The van der Waals surface area contributed by atoms with E-state index in [1.807, 2.05) is 61.5 Å². The zero-order valence-electron chi connectivity index (χ0n) is 10.3. The van der Waals surface area contributed by atoms with Gasteiger partial charge in [0.2, 0.25) is 0 Å². The van der Waals surface area contributed by atoms with Crippen LogP contribution >= 0.6 is 0 Å². The molecular formula is C16H15NO. The first-order chi connectivity index (χ1) is 8.81. The summed E-state index contributed by atoms with van der Waals surface area (Å²) in [4.78, 5) is 11.1. The van der Waals surface area contributed by atoms with Gasteiger partial charge in [-0.1, -0.05) is 48.5 Å². The van der Waals surface area contributed by atoms with E-state index in [0.717, 1.165) is 23.1 Å². The summed E-state index contributed by atoms with van der Waals surface area (Å²) in [5, 5.41) is 3.17. The average Bonchev–Trinajstić information content (AvgIpc) is 2.42. The van der Waals surface area contributed by atoms with Gasteiger partial charge in [-0.05, 0) is 24.1 Å². The molecule has 2 aromatic carbocycles. The Labute approximate surface area is 107 Å². The SMILES string of the molecule is Cc1ccccc1NC=C(C=O)c1ccccc1. The van der Waals surface area contributed by atoms with Crippen molar-refractivity contribution in [1.29, 1.82) is 0 Å². The van der Waals surface area contributed by atoms with E-state index in [0.29, 0.717) is 5.57 Å². The smallest absolute Gasteiger partial charge is 0.152 e. The van der Waals surface area contributed by atoms with Crippen molar-refractivity contribution in [3.63, 3.8) is 0 Å². The van der Waals surface area contributed by atoms with E-state index in [4.69, 9.17) is 0 Å². The molecule has 0 saturated carbocycles. The minimum absolute atomic E-state index is 0.638. The Morgan fingerprint density at radius 1 is 1.00 bits per heavy atom. The molecule has 1 N–H and O–H groups in total. The predicted molar refractivity (Wildman–Crippen MR) is 75.3 cm³/mol. The Kier molecular flexibility index (Phi) is 3.92. The first-order valence-electron chi connectivity index (χ1n) is 5.84. The molecule has 0 aliphatic heterocycles. The highest BCUT2D eigenvalue weighted by Gasteiger charge is 1.99. The fourth-order valence-electron chi connectivity index (χ4n) is 1.71. The molecule has 0 atom stereocenters. The number of aryl methyl sites for hydroxylation is 1. The van der Waals surface area contributed by atoms with Crippen LogP contribution in [0, 0.1) is 6.92 Å². The van der Waals surface area contributed by atoms with Crippen LogP contribution in [0.1, 0.15) is 11.1 Å². The molecule has 0 fully saturated rings. The molecule has 2 aromatic rings. The van der Waals surface area contributed by atoms with E-state index in [-0.39, 0.29) is 0 Å². The van der Waals surface area contributed by atoms with Gasteiger partial charge in [0, 0.05) is 17.5 Å². The zero-order chi connectivity index (χ0) is 12.8. The first-order valence-corrected chi connectivity index (χ1v) is 5.84. The summed E-state index contributed by atoms with van der Waals surface area (Å²) in [7, 11) is 0. The van der Waals surface area contributed by atoms with Gasteiger partial charge in [0.05, 0.1) is 0 Å². The van der Waals surface area contributed by atoms with Gasteiger partial charge in [0.15, 0.2) is 6.29 Å². The van der Waals surface area contributed by atoms with Crippen molar-refractivity contribution < 1.29 is 4.79 Å². The largest absolute Gasteiger partial charge is 0.361 e. The summed E-state index contributed by atoms with van der Waals surface area (Å²) < 4.78 is 0. The molecule has 2 rings (SSSR count). The minimum atomic E-state index is 0.638. The lowest BCUT2D eigenvalue weighted by molar-refractivity contribution is -0.103. The molecule has 0 amide bonds. The fourth-order valence-corrected chi connectivity index (χ4v) is 1.71. The topological polar surface area (TPSA) is 29.1 Å². The van der Waals surface area contributed by atoms with Gasteiger partial charge in [0.25, 0.3) is 0 Å². The minimum Gasteiger partial charge on any atom is -0.361 e. The molecule has 0 heterocycles. The number of hydrogen-bond donors (Lipinski definition) is 1. The van der Waals surface area contributed by atoms with Crippen LogP contribution < -0.4 is 5.32 Å². The molecule has 0 spiro atoms. The normalized spacial score (nSPS) is 11.1. The van der Waals surface area contributed by atoms with E-state index < -0.39 is 0 Å².